The van der Waals surface area contributed by atoms with Crippen LogP contribution in [0.3, 0.4) is 0 Å². The number of nitrogens with one attached hydrogen (secondary N) is 1. The number of para-hydroxylation sites is 1. The van der Waals surface area contributed by atoms with E-state index in [2.05, 4.69) is 5.32 Å². The molecule has 0 aliphatic carbocycles. The van der Waals surface area contributed by atoms with Gasteiger partial charge in [-0.1, -0.05) is 84.4 Å². The first-order valence-electron chi connectivity index (χ1n) is 10.6. The van der Waals surface area contributed by atoms with Crippen LogP contribution in [0.1, 0.15) is 18.1 Å². The van der Waals surface area contributed by atoms with Gasteiger partial charge in [0.2, 0.25) is 5.91 Å². The van der Waals surface area contributed by atoms with Gasteiger partial charge in [0, 0.05) is 13.1 Å². The second-order valence-electron chi connectivity index (χ2n) is 7.43. The summed E-state index contributed by atoms with van der Waals surface area (Å²) in [5.74, 6) is -0.0652. The number of amides is 2. The minimum atomic E-state index is -0.659. The molecular formula is C26H27ClN2O3. The highest BCUT2D eigenvalue weighted by Gasteiger charge is 2.26. The van der Waals surface area contributed by atoms with Gasteiger partial charge in [-0.05, 0) is 36.6 Å². The largest absolute Gasteiger partial charge is 0.482 e. The second-order valence-corrected chi connectivity index (χ2v) is 7.84. The summed E-state index contributed by atoms with van der Waals surface area (Å²) in [5.41, 5.74) is 2.08. The molecule has 0 aliphatic rings. The van der Waals surface area contributed by atoms with Crippen molar-refractivity contribution in [1.29, 1.82) is 0 Å². The van der Waals surface area contributed by atoms with Crippen LogP contribution in [0.15, 0.2) is 84.9 Å². The quantitative estimate of drug-likeness (QED) is 0.495. The van der Waals surface area contributed by atoms with E-state index in [1.165, 1.54) is 4.90 Å². The smallest absolute Gasteiger partial charge is 0.261 e. The Bertz CT molecular complexity index is 1010. The number of hydrogen-bond acceptors (Lipinski definition) is 3. The molecule has 3 rings (SSSR count). The van der Waals surface area contributed by atoms with Crippen LogP contribution >= 0.6 is 11.6 Å². The topological polar surface area (TPSA) is 58.6 Å². The molecule has 0 spiro atoms. The predicted molar refractivity (Wildman–Crippen MR) is 127 cm³/mol. The van der Waals surface area contributed by atoms with Crippen molar-refractivity contribution in [3.05, 3.63) is 101 Å². The molecule has 0 fully saturated rings. The number of hydrogen-bond donors (Lipinski definition) is 1. The third kappa shape index (κ3) is 6.86. The summed E-state index contributed by atoms with van der Waals surface area (Å²) in [6.45, 7) is 2.32. The lowest BCUT2D eigenvalue weighted by molar-refractivity contribution is -0.142. The highest BCUT2D eigenvalue weighted by atomic mass is 35.5. The van der Waals surface area contributed by atoms with Crippen LogP contribution in [0.5, 0.6) is 5.75 Å². The zero-order chi connectivity index (χ0) is 22.8. The number of carbonyl (C=O) groups is 2. The Balaban J connectivity index is 1.64. The van der Waals surface area contributed by atoms with Gasteiger partial charge in [0.25, 0.3) is 5.91 Å². The van der Waals surface area contributed by atoms with Crippen LogP contribution in [-0.2, 0) is 22.6 Å². The van der Waals surface area contributed by atoms with E-state index in [4.69, 9.17) is 16.3 Å². The molecule has 3 aromatic rings. The van der Waals surface area contributed by atoms with E-state index >= 15 is 0 Å². The molecule has 2 amide bonds. The Morgan fingerprint density at radius 2 is 1.50 bits per heavy atom. The summed E-state index contributed by atoms with van der Waals surface area (Å²) in [6, 6.07) is 25.8. The fourth-order valence-electron chi connectivity index (χ4n) is 3.27. The standard InChI is InChI=1S/C26H27ClN2O3/c1-20(26(31)28-17-16-21-10-4-2-5-11-21)29(18-22-12-6-3-7-13-22)25(30)19-32-24-15-9-8-14-23(24)27/h2-15,20H,16-19H2,1H3,(H,28,31)/t20-/m1/s1. The minimum Gasteiger partial charge on any atom is -0.482 e. The van der Waals surface area contributed by atoms with Gasteiger partial charge in [-0.2, -0.15) is 0 Å². The first-order chi connectivity index (χ1) is 15.5. The normalized spacial score (nSPS) is 11.4. The zero-order valence-electron chi connectivity index (χ0n) is 18.0. The Hall–Kier alpha value is -3.31. The van der Waals surface area contributed by atoms with Crippen molar-refractivity contribution < 1.29 is 14.3 Å². The SMILES string of the molecule is C[C@H](C(=O)NCCc1ccccc1)N(Cc1ccccc1)C(=O)COc1ccccc1Cl. The fourth-order valence-corrected chi connectivity index (χ4v) is 3.46. The lowest BCUT2D eigenvalue weighted by atomic mass is 10.1. The molecule has 1 atom stereocenters. The van der Waals surface area contributed by atoms with E-state index in [0.29, 0.717) is 23.9 Å². The van der Waals surface area contributed by atoms with Gasteiger partial charge in [0.15, 0.2) is 6.61 Å². The summed E-state index contributed by atoms with van der Waals surface area (Å²) < 4.78 is 5.63. The van der Waals surface area contributed by atoms with Crippen molar-refractivity contribution in [2.24, 2.45) is 0 Å². The molecule has 0 saturated carbocycles. The van der Waals surface area contributed by atoms with Crippen molar-refractivity contribution in [3.8, 4) is 5.75 Å². The maximum atomic E-state index is 13.1. The van der Waals surface area contributed by atoms with Crippen molar-refractivity contribution in [2.75, 3.05) is 13.2 Å². The molecule has 0 aliphatic heterocycles. The Labute approximate surface area is 194 Å². The average Bonchev–Trinajstić information content (AvgIpc) is 2.82. The Morgan fingerprint density at radius 1 is 0.906 bits per heavy atom. The molecule has 5 nitrogen and oxygen atoms in total. The Kier molecular flexibility index (Phi) is 8.70. The highest BCUT2D eigenvalue weighted by molar-refractivity contribution is 6.32. The van der Waals surface area contributed by atoms with E-state index in [-0.39, 0.29) is 18.4 Å². The average molecular weight is 451 g/mol. The van der Waals surface area contributed by atoms with Crippen LogP contribution in [0.2, 0.25) is 5.02 Å². The summed E-state index contributed by atoms with van der Waals surface area (Å²) in [5, 5.41) is 3.37. The van der Waals surface area contributed by atoms with Crippen LogP contribution in [-0.4, -0.2) is 35.9 Å². The van der Waals surface area contributed by atoms with E-state index in [9.17, 15) is 9.59 Å². The summed E-state index contributed by atoms with van der Waals surface area (Å²) in [4.78, 5) is 27.4. The molecule has 1 N–H and O–H groups in total. The first kappa shape index (κ1) is 23.4. The van der Waals surface area contributed by atoms with Crippen LogP contribution in [0, 0.1) is 0 Å². The number of ether oxygens (including phenoxy) is 1. The van der Waals surface area contributed by atoms with Crippen molar-refractivity contribution in [3.63, 3.8) is 0 Å². The second kappa shape index (κ2) is 11.9. The summed E-state index contributed by atoms with van der Waals surface area (Å²) in [6.07, 6.45) is 0.724. The molecule has 6 heteroatoms. The van der Waals surface area contributed by atoms with Crippen molar-refractivity contribution in [2.45, 2.75) is 25.9 Å². The molecule has 0 bridgehead atoms. The van der Waals surface area contributed by atoms with Crippen LogP contribution < -0.4 is 10.1 Å². The third-order valence-corrected chi connectivity index (χ3v) is 5.42. The van der Waals surface area contributed by atoms with E-state index in [0.717, 1.165) is 17.5 Å². The molecule has 0 unspecified atom stereocenters. The molecule has 3 aromatic carbocycles. The van der Waals surface area contributed by atoms with Crippen molar-refractivity contribution in [1.82, 2.24) is 10.2 Å². The fraction of sp³-hybridized carbons (Fsp3) is 0.231. The van der Waals surface area contributed by atoms with Crippen LogP contribution in [0.25, 0.3) is 0 Å². The molecule has 0 heterocycles. The van der Waals surface area contributed by atoms with Gasteiger partial charge < -0.3 is 15.0 Å². The van der Waals surface area contributed by atoms with Gasteiger partial charge in [0.05, 0.1) is 5.02 Å². The van der Waals surface area contributed by atoms with Gasteiger partial charge >= 0.3 is 0 Å². The van der Waals surface area contributed by atoms with E-state index in [1.54, 1.807) is 31.2 Å². The monoisotopic (exact) mass is 450 g/mol. The van der Waals surface area contributed by atoms with E-state index < -0.39 is 6.04 Å². The molecule has 0 aromatic heterocycles. The minimum absolute atomic E-state index is 0.206. The zero-order valence-corrected chi connectivity index (χ0v) is 18.8. The molecular weight excluding hydrogens is 424 g/mol. The molecule has 32 heavy (non-hydrogen) atoms. The van der Waals surface area contributed by atoms with Gasteiger partial charge in [-0.3, -0.25) is 9.59 Å². The summed E-state index contributed by atoms with van der Waals surface area (Å²) >= 11 is 6.12. The maximum absolute atomic E-state index is 13.1. The van der Waals surface area contributed by atoms with E-state index in [1.807, 2.05) is 60.7 Å². The molecule has 166 valence electrons. The third-order valence-electron chi connectivity index (χ3n) is 5.11. The lowest BCUT2D eigenvalue weighted by Gasteiger charge is -2.28. The van der Waals surface area contributed by atoms with Gasteiger partial charge in [0.1, 0.15) is 11.8 Å². The van der Waals surface area contributed by atoms with Crippen LogP contribution in [0.4, 0.5) is 0 Å². The first-order valence-corrected chi connectivity index (χ1v) is 10.9. The van der Waals surface area contributed by atoms with Gasteiger partial charge in [-0.25, -0.2) is 0 Å². The number of nitrogens with zero attached hydrogens (tertiary/aromatic N) is 1. The molecule has 0 radical (unpaired) electrons. The van der Waals surface area contributed by atoms with Crippen molar-refractivity contribution >= 4 is 23.4 Å². The maximum Gasteiger partial charge on any atom is 0.261 e. The number of benzene rings is 3. The number of rotatable bonds is 10. The molecule has 0 saturated heterocycles. The highest BCUT2D eigenvalue weighted by Crippen LogP contribution is 2.23. The Morgan fingerprint density at radius 3 is 2.16 bits per heavy atom. The van der Waals surface area contributed by atoms with Gasteiger partial charge in [-0.15, -0.1) is 0 Å². The predicted octanol–water partition coefficient (Wildman–Crippen LogP) is 4.50. The lowest BCUT2D eigenvalue weighted by Crippen LogP contribution is -2.49. The number of carbonyl (C=O) groups excluding carboxylic acids is 2. The number of halogens is 1. The summed E-state index contributed by atoms with van der Waals surface area (Å²) in [7, 11) is 0.